The van der Waals surface area contributed by atoms with Crippen LogP contribution in [0.1, 0.15) is 29.9 Å². The molecule has 0 atom stereocenters. The molecule has 0 unspecified atom stereocenters. The molecule has 1 N–H and O–H groups in total. The highest BCUT2D eigenvalue weighted by Crippen LogP contribution is 2.29. The lowest BCUT2D eigenvalue weighted by Gasteiger charge is -2.31. The Morgan fingerprint density at radius 1 is 1.19 bits per heavy atom. The van der Waals surface area contributed by atoms with Crippen LogP contribution >= 0.6 is 0 Å². The van der Waals surface area contributed by atoms with Gasteiger partial charge in [0.1, 0.15) is 5.54 Å². The number of aromatic nitrogens is 3. The number of amides is 1. The first-order valence-electron chi connectivity index (χ1n) is 8.56. The van der Waals surface area contributed by atoms with Crippen LogP contribution in [0.5, 0.6) is 0 Å². The van der Waals surface area contributed by atoms with Crippen LogP contribution in [0.25, 0.3) is 22.3 Å². The van der Waals surface area contributed by atoms with Gasteiger partial charge in [0.2, 0.25) is 0 Å². The Morgan fingerprint density at radius 3 is 2.41 bits per heavy atom. The molecule has 1 amide bonds. The van der Waals surface area contributed by atoms with Gasteiger partial charge in [0.15, 0.2) is 5.65 Å². The first-order valence-corrected chi connectivity index (χ1v) is 8.56. The molecule has 0 aliphatic rings. The van der Waals surface area contributed by atoms with E-state index < -0.39 is 11.5 Å². The number of carbonyl (C=O) groups is 2. The van der Waals surface area contributed by atoms with Gasteiger partial charge in [0.25, 0.3) is 5.91 Å². The van der Waals surface area contributed by atoms with Crippen molar-refractivity contribution in [3.8, 4) is 11.3 Å². The van der Waals surface area contributed by atoms with Crippen molar-refractivity contribution in [1.29, 1.82) is 0 Å². The summed E-state index contributed by atoms with van der Waals surface area (Å²) in [7, 11) is 3.27. The van der Waals surface area contributed by atoms with Gasteiger partial charge in [-0.05, 0) is 26.8 Å². The van der Waals surface area contributed by atoms with Crippen LogP contribution in [0, 0.1) is 6.92 Å². The third-order valence-electron chi connectivity index (χ3n) is 4.94. The summed E-state index contributed by atoms with van der Waals surface area (Å²) in [5.74, 6) is -1.46. The summed E-state index contributed by atoms with van der Waals surface area (Å²) in [6, 6.07) is 11.2. The molecule has 7 heteroatoms. The Hall–Kier alpha value is -3.22. The summed E-state index contributed by atoms with van der Waals surface area (Å²) < 4.78 is 1.64. The molecule has 0 saturated carbocycles. The number of hydrogen-bond acceptors (Lipinski definition) is 4. The summed E-state index contributed by atoms with van der Waals surface area (Å²) >= 11 is 0. The average Bonchev–Trinajstić information content (AvgIpc) is 2.94. The summed E-state index contributed by atoms with van der Waals surface area (Å²) in [6.45, 7) is 4.81. The van der Waals surface area contributed by atoms with E-state index in [-0.39, 0.29) is 5.91 Å². The minimum atomic E-state index is -1.35. The van der Waals surface area contributed by atoms with Gasteiger partial charge in [-0.25, -0.2) is 9.78 Å². The zero-order valence-electron chi connectivity index (χ0n) is 16.0. The van der Waals surface area contributed by atoms with E-state index in [9.17, 15) is 14.7 Å². The number of aliphatic carboxylic acids is 1. The van der Waals surface area contributed by atoms with Crippen LogP contribution in [-0.2, 0) is 11.8 Å². The fourth-order valence-electron chi connectivity index (χ4n) is 2.95. The maximum Gasteiger partial charge on any atom is 0.329 e. The van der Waals surface area contributed by atoms with Crippen LogP contribution in [0.3, 0.4) is 0 Å². The number of benzene rings is 1. The number of rotatable bonds is 4. The van der Waals surface area contributed by atoms with Crippen LogP contribution in [0.15, 0.2) is 36.4 Å². The maximum absolute atomic E-state index is 13.3. The normalized spacial score (nSPS) is 11.6. The van der Waals surface area contributed by atoms with Crippen molar-refractivity contribution in [2.45, 2.75) is 26.3 Å². The summed E-state index contributed by atoms with van der Waals surface area (Å²) in [5, 5.41) is 14.5. The Bertz CT molecular complexity index is 1040. The number of likely N-dealkylation sites (N-methyl/N-ethyl adjacent to an activating group) is 1. The third kappa shape index (κ3) is 3.05. The molecule has 0 saturated heterocycles. The SMILES string of the molecule is Cc1nn(C)c2nc(-c3ccccc3)cc(C(=O)N(C)C(C)(C)C(=O)O)c12. The molecule has 0 spiro atoms. The lowest BCUT2D eigenvalue weighted by Crippen LogP contribution is -2.50. The molecule has 0 fully saturated rings. The minimum absolute atomic E-state index is 0.386. The molecule has 7 nitrogen and oxygen atoms in total. The van der Waals surface area contributed by atoms with Gasteiger partial charge in [-0.2, -0.15) is 5.10 Å². The minimum Gasteiger partial charge on any atom is -0.480 e. The highest BCUT2D eigenvalue weighted by molar-refractivity contribution is 6.08. The fraction of sp³-hybridized carbons (Fsp3) is 0.300. The molecule has 140 valence electrons. The number of hydrogen-bond donors (Lipinski definition) is 1. The van der Waals surface area contributed by atoms with Crippen molar-refractivity contribution >= 4 is 22.9 Å². The van der Waals surface area contributed by atoms with E-state index in [0.717, 1.165) is 5.56 Å². The second-order valence-electron chi connectivity index (χ2n) is 7.06. The lowest BCUT2D eigenvalue weighted by molar-refractivity contribution is -0.147. The molecule has 27 heavy (non-hydrogen) atoms. The van der Waals surface area contributed by atoms with Gasteiger partial charge in [-0.1, -0.05) is 30.3 Å². The number of aryl methyl sites for hydroxylation is 2. The molecule has 0 aliphatic carbocycles. The molecule has 3 rings (SSSR count). The van der Waals surface area contributed by atoms with Crippen LogP contribution in [0.2, 0.25) is 0 Å². The summed E-state index contributed by atoms with van der Waals surface area (Å²) in [4.78, 5) is 30.8. The predicted molar refractivity (Wildman–Crippen MR) is 102 cm³/mol. The van der Waals surface area contributed by atoms with Gasteiger partial charge in [-0.15, -0.1) is 0 Å². The van der Waals surface area contributed by atoms with Gasteiger partial charge in [0, 0.05) is 19.7 Å². The van der Waals surface area contributed by atoms with E-state index in [1.165, 1.54) is 25.8 Å². The number of fused-ring (bicyclic) bond motifs is 1. The topological polar surface area (TPSA) is 88.3 Å². The number of nitrogens with zero attached hydrogens (tertiary/aromatic N) is 4. The van der Waals surface area contributed by atoms with Crippen LogP contribution < -0.4 is 0 Å². The number of carbonyl (C=O) groups excluding carboxylic acids is 1. The van der Waals surface area contributed by atoms with Gasteiger partial charge in [-0.3, -0.25) is 9.48 Å². The van der Waals surface area contributed by atoms with Crippen molar-refractivity contribution < 1.29 is 14.7 Å². The van der Waals surface area contributed by atoms with Crippen molar-refractivity contribution in [1.82, 2.24) is 19.7 Å². The molecule has 2 aromatic heterocycles. The first-order chi connectivity index (χ1) is 12.6. The largest absolute Gasteiger partial charge is 0.480 e. The average molecular weight is 366 g/mol. The smallest absolute Gasteiger partial charge is 0.329 e. The Balaban J connectivity index is 2.25. The lowest BCUT2D eigenvalue weighted by atomic mass is 10.00. The second-order valence-corrected chi connectivity index (χ2v) is 7.06. The molecule has 1 aromatic carbocycles. The fourth-order valence-corrected chi connectivity index (χ4v) is 2.95. The van der Waals surface area contributed by atoms with E-state index in [1.54, 1.807) is 17.8 Å². The van der Waals surface area contributed by atoms with Crippen molar-refractivity contribution in [3.63, 3.8) is 0 Å². The molecular formula is C20H22N4O3. The molecule has 0 aliphatic heterocycles. The zero-order chi connectivity index (χ0) is 19.9. The van der Waals surface area contributed by atoms with Crippen molar-refractivity contribution in [2.75, 3.05) is 7.05 Å². The zero-order valence-corrected chi connectivity index (χ0v) is 16.0. The Kier molecular flexibility index (Phi) is 4.47. The van der Waals surface area contributed by atoms with E-state index in [4.69, 9.17) is 0 Å². The van der Waals surface area contributed by atoms with E-state index >= 15 is 0 Å². The van der Waals surface area contributed by atoms with E-state index in [1.807, 2.05) is 37.3 Å². The van der Waals surface area contributed by atoms with Gasteiger partial charge < -0.3 is 10.0 Å². The van der Waals surface area contributed by atoms with Crippen molar-refractivity contribution in [3.05, 3.63) is 47.7 Å². The van der Waals surface area contributed by atoms with Crippen LogP contribution in [-0.4, -0.2) is 49.2 Å². The standard InChI is InChI=1S/C20H22N4O3/c1-12-16-14(18(25)23(4)20(2,3)19(26)27)11-15(13-9-7-6-8-10-13)21-17(16)24(5)22-12/h6-11H,1-5H3,(H,26,27). The van der Waals surface area contributed by atoms with Gasteiger partial charge >= 0.3 is 5.97 Å². The molecular weight excluding hydrogens is 344 g/mol. The summed E-state index contributed by atoms with van der Waals surface area (Å²) in [5.41, 5.74) is 1.79. The highest BCUT2D eigenvalue weighted by atomic mass is 16.4. The maximum atomic E-state index is 13.3. The van der Waals surface area contributed by atoms with Crippen molar-refractivity contribution in [2.24, 2.45) is 7.05 Å². The predicted octanol–water partition coefficient (Wildman–Crippen LogP) is 2.88. The Morgan fingerprint density at radius 2 is 1.81 bits per heavy atom. The third-order valence-corrected chi connectivity index (χ3v) is 4.94. The first kappa shape index (κ1) is 18.6. The van der Waals surface area contributed by atoms with Gasteiger partial charge in [0.05, 0.1) is 22.3 Å². The second kappa shape index (κ2) is 6.50. The Labute approximate surface area is 157 Å². The highest BCUT2D eigenvalue weighted by Gasteiger charge is 2.36. The molecule has 3 aromatic rings. The molecule has 0 bridgehead atoms. The van der Waals surface area contributed by atoms with E-state index in [0.29, 0.717) is 28.0 Å². The number of pyridine rings is 1. The quantitative estimate of drug-likeness (QED) is 0.767. The number of carboxylic acids is 1. The van der Waals surface area contributed by atoms with E-state index in [2.05, 4.69) is 10.1 Å². The monoisotopic (exact) mass is 366 g/mol. The molecule has 0 radical (unpaired) electrons. The summed E-state index contributed by atoms with van der Waals surface area (Å²) in [6.07, 6.45) is 0. The number of carboxylic acid groups (broad SMARTS) is 1. The molecule has 2 heterocycles. The van der Waals surface area contributed by atoms with Crippen LogP contribution in [0.4, 0.5) is 0 Å².